The summed E-state index contributed by atoms with van der Waals surface area (Å²) in [4.78, 5) is 24.7. The van der Waals surface area contributed by atoms with E-state index in [0.29, 0.717) is 5.56 Å². The largest absolute Gasteiger partial charge is 0.370 e. The van der Waals surface area contributed by atoms with Crippen LogP contribution in [-0.2, 0) is 6.42 Å². The summed E-state index contributed by atoms with van der Waals surface area (Å²) in [5, 5.41) is 4.62. The van der Waals surface area contributed by atoms with Crippen molar-refractivity contribution in [2.75, 3.05) is 44.6 Å². The first-order chi connectivity index (χ1) is 13.7. The Hall–Kier alpha value is -2.86. The Bertz CT molecular complexity index is 926. The number of carbonyl (C=O) groups is 1. The number of pyridine rings is 1. The van der Waals surface area contributed by atoms with Crippen molar-refractivity contribution in [2.24, 2.45) is 0 Å². The van der Waals surface area contributed by atoms with Gasteiger partial charge in [-0.05, 0) is 36.7 Å². The van der Waals surface area contributed by atoms with Crippen LogP contribution in [0.1, 0.15) is 22.8 Å². The molecule has 2 aromatic heterocycles. The quantitative estimate of drug-likeness (QED) is 0.693. The number of nitrogens with one attached hydrogen (secondary N) is 2. The van der Waals surface area contributed by atoms with E-state index in [9.17, 15) is 4.79 Å². The second kappa shape index (κ2) is 8.44. The third-order valence-electron chi connectivity index (χ3n) is 5.49. The summed E-state index contributed by atoms with van der Waals surface area (Å²) in [5.41, 5.74) is 3.12. The third kappa shape index (κ3) is 4.02. The molecule has 3 heterocycles. The van der Waals surface area contributed by atoms with Crippen molar-refractivity contribution in [1.29, 1.82) is 0 Å². The SMILES string of the molecule is CCN1CCN(C(=O)c2ccc(NCCc3c[nH]c4ccccc34)nc2)CC1. The van der Waals surface area contributed by atoms with Gasteiger partial charge in [0.1, 0.15) is 5.82 Å². The molecule has 1 saturated heterocycles. The smallest absolute Gasteiger partial charge is 0.255 e. The van der Waals surface area contributed by atoms with Gasteiger partial charge in [-0.1, -0.05) is 25.1 Å². The zero-order valence-electron chi connectivity index (χ0n) is 16.3. The van der Waals surface area contributed by atoms with Crippen molar-refractivity contribution in [2.45, 2.75) is 13.3 Å². The monoisotopic (exact) mass is 377 g/mol. The zero-order chi connectivity index (χ0) is 19.3. The second-order valence-corrected chi connectivity index (χ2v) is 7.19. The van der Waals surface area contributed by atoms with Crippen LogP contribution in [0.5, 0.6) is 0 Å². The molecule has 4 rings (SSSR count). The van der Waals surface area contributed by atoms with E-state index >= 15 is 0 Å². The molecule has 6 heteroatoms. The minimum absolute atomic E-state index is 0.0774. The number of H-pyrrole nitrogens is 1. The number of amides is 1. The third-order valence-corrected chi connectivity index (χ3v) is 5.49. The van der Waals surface area contributed by atoms with E-state index in [0.717, 1.165) is 51.5 Å². The van der Waals surface area contributed by atoms with Crippen molar-refractivity contribution < 1.29 is 4.79 Å². The zero-order valence-corrected chi connectivity index (χ0v) is 16.3. The molecule has 2 N–H and O–H groups in total. The van der Waals surface area contributed by atoms with E-state index in [-0.39, 0.29) is 5.91 Å². The number of hydrogen-bond acceptors (Lipinski definition) is 4. The molecule has 0 radical (unpaired) electrons. The van der Waals surface area contributed by atoms with Gasteiger partial charge in [-0.25, -0.2) is 4.98 Å². The molecule has 1 aliphatic heterocycles. The van der Waals surface area contributed by atoms with Gasteiger partial charge in [0.2, 0.25) is 0 Å². The molecule has 1 fully saturated rings. The van der Waals surface area contributed by atoms with Crippen LogP contribution < -0.4 is 5.32 Å². The highest BCUT2D eigenvalue weighted by atomic mass is 16.2. The van der Waals surface area contributed by atoms with Crippen molar-refractivity contribution >= 4 is 22.6 Å². The Morgan fingerprint density at radius 1 is 1.14 bits per heavy atom. The number of benzene rings is 1. The molecule has 3 aromatic rings. The Balaban J connectivity index is 1.30. The molecule has 1 aromatic carbocycles. The van der Waals surface area contributed by atoms with Crippen molar-refractivity contribution in [3.05, 3.63) is 59.9 Å². The topological polar surface area (TPSA) is 64.3 Å². The number of aromatic nitrogens is 2. The average Bonchev–Trinajstić information content (AvgIpc) is 3.17. The van der Waals surface area contributed by atoms with Gasteiger partial charge in [0.05, 0.1) is 5.56 Å². The Labute approximate surface area is 165 Å². The molecule has 0 atom stereocenters. The summed E-state index contributed by atoms with van der Waals surface area (Å²) < 4.78 is 0. The summed E-state index contributed by atoms with van der Waals surface area (Å²) in [5.74, 6) is 0.876. The lowest BCUT2D eigenvalue weighted by molar-refractivity contribution is 0.0643. The second-order valence-electron chi connectivity index (χ2n) is 7.19. The summed E-state index contributed by atoms with van der Waals surface area (Å²) in [7, 11) is 0. The number of para-hydroxylation sites is 1. The number of anilines is 1. The molecule has 1 aliphatic rings. The number of likely N-dealkylation sites (N-methyl/N-ethyl adjacent to an activating group) is 1. The van der Waals surface area contributed by atoms with Crippen LogP contribution in [0.4, 0.5) is 5.82 Å². The van der Waals surface area contributed by atoms with Gasteiger partial charge in [-0.3, -0.25) is 4.79 Å². The Kier molecular flexibility index (Phi) is 5.58. The first kappa shape index (κ1) is 18.5. The lowest BCUT2D eigenvalue weighted by atomic mass is 10.1. The molecule has 0 saturated carbocycles. The first-order valence-electron chi connectivity index (χ1n) is 10.0. The molecular weight excluding hydrogens is 350 g/mol. The Morgan fingerprint density at radius 3 is 2.71 bits per heavy atom. The van der Waals surface area contributed by atoms with Crippen LogP contribution in [0, 0.1) is 0 Å². The Morgan fingerprint density at radius 2 is 1.96 bits per heavy atom. The maximum Gasteiger partial charge on any atom is 0.255 e. The molecular formula is C22H27N5O. The van der Waals surface area contributed by atoms with E-state index in [1.807, 2.05) is 23.1 Å². The minimum atomic E-state index is 0.0774. The van der Waals surface area contributed by atoms with Crippen LogP contribution in [0.3, 0.4) is 0 Å². The number of carbonyl (C=O) groups excluding carboxylic acids is 1. The predicted molar refractivity (Wildman–Crippen MR) is 113 cm³/mol. The van der Waals surface area contributed by atoms with Crippen molar-refractivity contribution in [1.82, 2.24) is 19.8 Å². The number of fused-ring (bicyclic) bond motifs is 1. The number of rotatable bonds is 6. The minimum Gasteiger partial charge on any atom is -0.370 e. The van der Waals surface area contributed by atoms with E-state index < -0.39 is 0 Å². The lowest BCUT2D eigenvalue weighted by Gasteiger charge is -2.34. The van der Waals surface area contributed by atoms with E-state index in [1.54, 1.807) is 6.20 Å². The molecule has 146 valence electrons. The van der Waals surface area contributed by atoms with E-state index in [2.05, 4.69) is 51.5 Å². The molecule has 28 heavy (non-hydrogen) atoms. The van der Waals surface area contributed by atoms with Gasteiger partial charge in [-0.15, -0.1) is 0 Å². The standard InChI is InChI=1S/C22H27N5O/c1-2-26-11-13-27(14-12-26)22(28)18-7-8-21(25-16-18)23-10-9-17-15-24-20-6-4-3-5-19(17)20/h3-8,15-16,24H,2,9-14H2,1H3,(H,23,25). The number of nitrogens with zero attached hydrogens (tertiary/aromatic N) is 3. The highest BCUT2D eigenvalue weighted by Gasteiger charge is 2.21. The molecule has 1 amide bonds. The van der Waals surface area contributed by atoms with Crippen LogP contribution in [0.25, 0.3) is 10.9 Å². The maximum atomic E-state index is 12.6. The molecule has 0 unspecified atom stereocenters. The van der Waals surface area contributed by atoms with Gasteiger partial charge in [0, 0.05) is 56.0 Å². The van der Waals surface area contributed by atoms with Gasteiger partial charge >= 0.3 is 0 Å². The highest BCUT2D eigenvalue weighted by molar-refractivity contribution is 5.94. The van der Waals surface area contributed by atoms with E-state index in [4.69, 9.17) is 0 Å². The summed E-state index contributed by atoms with van der Waals surface area (Å²) in [6.07, 6.45) is 4.66. The van der Waals surface area contributed by atoms with Gasteiger partial charge in [-0.2, -0.15) is 0 Å². The molecule has 0 bridgehead atoms. The fourth-order valence-corrected chi connectivity index (χ4v) is 3.74. The normalized spacial score (nSPS) is 15.1. The van der Waals surface area contributed by atoms with Gasteiger partial charge < -0.3 is 20.1 Å². The van der Waals surface area contributed by atoms with Gasteiger partial charge in [0.25, 0.3) is 5.91 Å². The van der Waals surface area contributed by atoms with Crippen LogP contribution in [0.15, 0.2) is 48.8 Å². The molecule has 0 aliphatic carbocycles. The predicted octanol–water partition coefficient (Wildman–Crippen LogP) is 3.00. The fourth-order valence-electron chi connectivity index (χ4n) is 3.74. The number of piperazine rings is 1. The lowest BCUT2D eigenvalue weighted by Crippen LogP contribution is -2.48. The van der Waals surface area contributed by atoms with Gasteiger partial charge in [0.15, 0.2) is 0 Å². The average molecular weight is 377 g/mol. The van der Waals surface area contributed by atoms with E-state index in [1.165, 1.54) is 16.5 Å². The summed E-state index contributed by atoms with van der Waals surface area (Å²) >= 11 is 0. The van der Waals surface area contributed by atoms with Crippen LogP contribution in [0.2, 0.25) is 0 Å². The van der Waals surface area contributed by atoms with Crippen LogP contribution in [-0.4, -0.2) is 64.9 Å². The van der Waals surface area contributed by atoms with Crippen molar-refractivity contribution in [3.8, 4) is 0 Å². The maximum absolute atomic E-state index is 12.6. The molecule has 6 nitrogen and oxygen atoms in total. The van der Waals surface area contributed by atoms with Crippen LogP contribution >= 0.6 is 0 Å². The van der Waals surface area contributed by atoms with Crippen molar-refractivity contribution in [3.63, 3.8) is 0 Å². The highest BCUT2D eigenvalue weighted by Crippen LogP contribution is 2.18. The number of aromatic amines is 1. The first-order valence-corrected chi connectivity index (χ1v) is 10.0. The molecule has 0 spiro atoms. The summed E-state index contributed by atoms with van der Waals surface area (Å²) in [6, 6.07) is 12.1. The number of hydrogen-bond donors (Lipinski definition) is 2. The summed E-state index contributed by atoms with van der Waals surface area (Å²) in [6.45, 7) is 7.47. The fraction of sp³-hybridized carbons (Fsp3) is 0.364.